The van der Waals surface area contributed by atoms with Crippen LogP contribution in [0, 0.1) is 11.6 Å². The van der Waals surface area contributed by atoms with E-state index in [1.165, 1.54) is 12.1 Å². The number of halogens is 2. The van der Waals surface area contributed by atoms with Gasteiger partial charge in [0, 0.05) is 13.1 Å². The van der Waals surface area contributed by atoms with E-state index in [-0.39, 0.29) is 23.7 Å². The van der Waals surface area contributed by atoms with E-state index >= 15 is 0 Å². The van der Waals surface area contributed by atoms with Crippen molar-refractivity contribution < 1.29 is 8.78 Å². The van der Waals surface area contributed by atoms with Gasteiger partial charge in [-0.3, -0.25) is 0 Å². The highest BCUT2D eigenvalue weighted by atomic mass is 19.1. The largest absolute Gasteiger partial charge is 0.304 e. The lowest BCUT2D eigenvalue weighted by Gasteiger charge is -2.21. The number of benzene rings is 2. The van der Waals surface area contributed by atoms with Crippen LogP contribution in [0.25, 0.3) is 0 Å². The highest BCUT2D eigenvalue weighted by Crippen LogP contribution is 2.39. The lowest BCUT2D eigenvalue weighted by atomic mass is 9.93. The maximum absolute atomic E-state index is 13.5. The average Bonchev–Trinajstić information content (AvgIpc) is 3.01. The maximum Gasteiger partial charge on any atom is 0.123 e. The Bertz CT molecular complexity index is 625. The smallest absolute Gasteiger partial charge is 0.123 e. The molecule has 2 atom stereocenters. The molecule has 0 aromatic heterocycles. The lowest BCUT2D eigenvalue weighted by Crippen LogP contribution is -2.27. The highest BCUT2D eigenvalue weighted by Gasteiger charge is 2.34. The molecule has 0 radical (unpaired) electrons. The molecule has 0 saturated carbocycles. The van der Waals surface area contributed by atoms with Crippen LogP contribution in [0.5, 0.6) is 0 Å². The molecule has 0 unspecified atom stereocenters. The summed E-state index contributed by atoms with van der Waals surface area (Å²) in [5.41, 5.74) is 4.17. The van der Waals surface area contributed by atoms with Crippen LogP contribution < -0.4 is 10.6 Å². The van der Waals surface area contributed by atoms with E-state index in [1.54, 1.807) is 12.1 Å². The number of hydrogen-bond acceptors (Lipinski definition) is 2. The van der Waals surface area contributed by atoms with Crippen LogP contribution in [0.2, 0.25) is 0 Å². The van der Waals surface area contributed by atoms with E-state index in [1.807, 2.05) is 12.1 Å². The van der Waals surface area contributed by atoms with Gasteiger partial charge in [0.05, 0.1) is 12.1 Å². The van der Waals surface area contributed by atoms with Crippen molar-refractivity contribution in [3.8, 4) is 0 Å². The fourth-order valence-corrected chi connectivity index (χ4v) is 3.29. The Morgan fingerprint density at radius 2 is 1.20 bits per heavy atom. The standard InChI is InChI=1S/C16H14F2N2/c17-11-3-1-9-7-19-15(13(9)5-11)16-14-6-12(18)4-2-10(14)8-20-16/h1-6,15-16,19-20H,7-8H2/t15-,16-/m0/s1. The molecule has 2 aromatic carbocycles. The number of fused-ring (bicyclic) bond motifs is 2. The second-order valence-corrected chi connectivity index (χ2v) is 5.40. The van der Waals surface area contributed by atoms with Gasteiger partial charge in [-0.05, 0) is 46.5 Å². The van der Waals surface area contributed by atoms with Crippen molar-refractivity contribution in [2.75, 3.05) is 0 Å². The lowest BCUT2D eigenvalue weighted by molar-refractivity contribution is 0.428. The third-order valence-corrected chi connectivity index (χ3v) is 4.24. The third-order valence-electron chi connectivity index (χ3n) is 4.24. The highest BCUT2D eigenvalue weighted by molar-refractivity contribution is 5.42. The zero-order valence-electron chi connectivity index (χ0n) is 10.8. The van der Waals surface area contributed by atoms with Gasteiger partial charge in [-0.25, -0.2) is 8.78 Å². The normalized spacial score (nSPS) is 23.7. The van der Waals surface area contributed by atoms with Crippen LogP contribution >= 0.6 is 0 Å². The monoisotopic (exact) mass is 272 g/mol. The van der Waals surface area contributed by atoms with Gasteiger partial charge < -0.3 is 10.6 Å². The Balaban J connectivity index is 1.76. The zero-order valence-corrected chi connectivity index (χ0v) is 10.8. The molecule has 2 aliphatic rings. The van der Waals surface area contributed by atoms with Crippen molar-refractivity contribution >= 4 is 0 Å². The summed E-state index contributed by atoms with van der Waals surface area (Å²) >= 11 is 0. The molecule has 20 heavy (non-hydrogen) atoms. The Kier molecular flexibility index (Phi) is 2.62. The van der Waals surface area contributed by atoms with Gasteiger partial charge in [0.15, 0.2) is 0 Å². The number of hydrogen-bond donors (Lipinski definition) is 2. The quantitative estimate of drug-likeness (QED) is 0.834. The van der Waals surface area contributed by atoms with Gasteiger partial charge in [-0.15, -0.1) is 0 Å². The van der Waals surface area contributed by atoms with Gasteiger partial charge >= 0.3 is 0 Å². The predicted molar refractivity (Wildman–Crippen MR) is 72.0 cm³/mol. The van der Waals surface area contributed by atoms with Crippen molar-refractivity contribution in [3.05, 3.63) is 70.3 Å². The first-order chi connectivity index (χ1) is 9.72. The molecule has 2 N–H and O–H groups in total. The Morgan fingerprint density at radius 3 is 1.65 bits per heavy atom. The van der Waals surface area contributed by atoms with Gasteiger partial charge in [0.25, 0.3) is 0 Å². The van der Waals surface area contributed by atoms with Crippen LogP contribution in [-0.4, -0.2) is 0 Å². The van der Waals surface area contributed by atoms with Crippen LogP contribution in [0.1, 0.15) is 34.3 Å². The molecule has 0 bridgehead atoms. The molecule has 2 aliphatic heterocycles. The second kappa shape index (κ2) is 4.36. The minimum Gasteiger partial charge on any atom is -0.304 e. The molecule has 4 rings (SSSR count). The summed E-state index contributed by atoms with van der Waals surface area (Å²) in [6.45, 7) is 1.45. The van der Waals surface area contributed by atoms with Crippen LogP contribution in [0.4, 0.5) is 8.78 Å². The van der Waals surface area contributed by atoms with Crippen molar-refractivity contribution in [3.63, 3.8) is 0 Å². The molecule has 2 aromatic rings. The van der Waals surface area contributed by atoms with Gasteiger partial charge in [-0.1, -0.05) is 12.1 Å². The molecule has 0 aliphatic carbocycles. The summed E-state index contributed by atoms with van der Waals surface area (Å²) < 4.78 is 26.9. The first-order valence-electron chi connectivity index (χ1n) is 6.76. The summed E-state index contributed by atoms with van der Waals surface area (Å²) in [5, 5.41) is 6.80. The van der Waals surface area contributed by atoms with Crippen molar-refractivity contribution in [2.24, 2.45) is 0 Å². The van der Waals surface area contributed by atoms with E-state index in [2.05, 4.69) is 10.6 Å². The summed E-state index contributed by atoms with van der Waals surface area (Å²) in [6, 6.07) is 9.75. The topological polar surface area (TPSA) is 24.1 Å². The van der Waals surface area contributed by atoms with Gasteiger partial charge in [-0.2, -0.15) is 0 Å². The molecular formula is C16H14F2N2. The molecule has 2 nitrogen and oxygen atoms in total. The van der Waals surface area contributed by atoms with Crippen molar-refractivity contribution in [2.45, 2.75) is 25.2 Å². The Labute approximate surface area is 115 Å². The zero-order chi connectivity index (χ0) is 13.7. The van der Waals surface area contributed by atoms with Crippen LogP contribution in [0.3, 0.4) is 0 Å². The van der Waals surface area contributed by atoms with Gasteiger partial charge in [0.2, 0.25) is 0 Å². The average molecular weight is 272 g/mol. The fourth-order valence-electron chi connectivity index (χ4n) is 3.29. The molecule has 102 valence electrons. The first-order valence-corrected chi connectivity index (χ1v) is 6.76. The minimum absolute atomic E-state index is 0.0104. The first kappa shape index (κ1) is 12.0. The van der Waals surface area contributed by atoms with E-state index in [0.717, 1.165) is 35.3 Å². The Morgan fingerprint density at radius 1 is 0.750 bits per heavy atom. The van der Waals surface area contributed by atoms with Crippen LogP contribution in [-0.2, 0) is 13.1 Å². The van der Waals surface area contributed by atoms with Gasteiger partial charge in [0.1, 0.15) is 11.6 Å². The van der Waals surface area contributed by atoms with E-state index in [4.69, 9.17) is 0 Å². The van der Waals surface area contributed by atoms with E-state index in [9.17, 15) is 8.78 Å². The number of rotatable bonds is 1. The van der Waals surface area contributed by atoms with Crippen molar-refractivity contribution in [1.82, 2.24) is 10.6 Å². The fraction of sp³-hybridized carbons (Fsp3) is 0.250. The van der Waals surface area contributed by atoms with E-state index in [0.29, 0.717) is 0 Å². The summed E-state index contributed by atoms with van der Waals surface area (Å²) in [7, 11) is 0. The maximum atomic E-state index is 13.5. The predicted octanol–water partition coefficient (Wildman–Crippen LogP) is 2.95. The molecule has 0 amide bonds. The molecule has 0 spiro atoms. The summed E-state index contributed by atoms with van der Waals surface area (Å²) in [5.74, 6) is -0.454. The summed E-state index contributed by atoms with van der Waals surface area (Å²) in [4.78, 5) is 0. The second-order valence-electron chi connectivity index (χ2n) is 5.40. The SMILES string of the molecule is Fc1ccc2c(c1)[C@@H]([C@H]1NCc3ccc(F)cc31)NC2. The van der Waals surface area contributed by atoms with E-state index < -0.39 is 0 Å². The third kappa shape index (κ3) is 1.76. The number of nitrogens with one attached hydrogen (secondary N) is 2. The molecule has 0 fully saturated rings. The van der Waals surface area contributed by atoms with Crippen LogP contribution in [0.15, 0.2) is 36.4 Å². The summed E-state index contributed by atoms with van der Waals surface area (Å²) in [6.07, 6.45) is 0. The molecule has 2 heterocycles. The Hall–Kier alpha value is -1.78. The molecule has 0 saturated heterocycles. The van der Waals surface area contributed by atoms with Crippen molar-refractivity contribution in [1.29, 1.82) is 0 Å². The molecular weight excluding hydrogens is 258 g/mol. The minimum atomic E-state index is -0.227. The molecule has 4 heteroatoms.